The van der Waals surface area contributed by atoms with Crippen molar-refractivity contribution in [2.45, 2.75) is 38.7 Å². The van der Waals surface area contributed by atoms with Crippen LogP contribution in [0.5, 0.6) is 0 Å². The van der Waals surface area contributed by atoms with Gasteiger partial charge in [-0.3, -0.25) is 4.99 Å². The molecular formula is C17H26F2IN3O. The Labute approximate surface area is 159 Å². The predicted octanol–water partition coefficient (Wildman–Crippen LogP) is 3.11. The fourth-order valence-corrected chi connectivity index (χ4v) is 2.65. The molecule has 1 aromatic rings. The molecule has 0 aromatic heterocycles. The van der Waals surface area contributed by atoms with E-state index in [4.69, 9.17) is 0 Å². The van der Waals surface area contributed by atoms with E-state index < -0.39 is 11.6 Å². The molecule has 4 nitrogen and oxygen atoms in total. The van der Waals surface area contributed by atoms with Crippen LogP contribution in [0, 0.1) is 11.6 Å². The van der Waals surface area contributed by atoms with E-state index in [9.17, 15) is 13.9 Å². The number of nitrogens with zero attached hydrogens (tertiary/aromatic N) is 2. The van der Waals surface area contributed by atoms with E-state index >= 15 is 0 Å². The van der Waals surface area contributed by atoms with Crippen molar-refractivity contribution >= 4 is 29.9 Å². The Balaban J connectivity index is 0.00000288. The second-order valence-electron chi connectivity index (χ2n) is 5.99. The molecule has 0 amide bonds. The predicted molar refractivity (Wildman–Crippen MR) is 103 cm³/mol. The minimum atomic E-state index is -0.829. The lowest BCUT2D eigenvalue weighted by Crippen LogP contribution is -2.46. The average Bonchev–Trinajstić information content (AvgIpc) is 2.54. The van der Waals surface area contributed by atoms with E-state index in [1.165, 1.54) is 6.07 Å². The number of aliphatic hydroxyl groups is 1. The first-order valence-corrected chi connectivity index (χ1v) is 8.17. The molecule has 0 aliphatic carbocycles. The molecule has 136 valence electrons. The van der Waals surface area contributed by atoms with Gasteiger partial charge in [0.05, 0.1) is 6.10 Å². The molecule has 24 heavy (non-hydrogen) atoms. The van der Waals surface area contributed by atoms with Crippen LogP contribution in [-0.4, -0.2) is 48.2 Å². The van der Waals surface area contributed by atoms with Crippen molar-refractivity contribution in [1.82, 2.24) is 10.2 Å². The Morgan fingerprint density at radius 2 is 2.00 bits per heavy atom. The van der Waals surface area contributed by atoms with Crippen LogP contribution in [0.4, 0.5) is 8.78 Å². The fourth-order valence-electron chi connectivity index (χ4n) is 2.65. The summed E-state index contributed by atoms with van der Waals surface area (Å²) in [5, 5.41) is 12.9. The molecule has 1 heterocycles. The molecule has 0 bridgehead atoms. The summed E-state index contributed by atoms with van der Waals surface area (Å²) >= 11 is 0. The van der Waals surface area contributed by atoms with Gasteiger partial charge in [-0.05, 0) is 37.5 Å². The number of halogens is 3. The number of guanidine groups is 1. The molecule has 7 heteroatoms. The van der Waals surface area contributed by atoms with Crippen molar-refractivity contribution in [3.8, 4) is 0 Å². The van der Waals surface area contributed by atoms with Crippen LogP contribution in [0.15, 0.2) is 23.2 Å². The number of piperidine rings is 1. The summed E-state index contributed by atoms with van der Waals surface area (Å²) in [4.78, 5) is 6.76. The van der Waals surface area contributed by atoms with Gasteiger partial charge in [-0.1, -0.05) is 13.0 Å². The average molecular weight is 453 g/mol. The Morgan fingerprint density at radius 3 is 2.58 bits per heavy atom. The molecule has 0 radical (unpaired) electrons. The lowest BCUT2D eigenvalue weighted by molar-refractivity contribution is 0.108. The maximum Gasteiger partial charge on any atom is 0.193 e. The summed E-state index contributed by atoms with van der Waals surface area (Å²) < 4.78 is 26.3. The SMILES string of the molecule is CCNC(=NCC(C)c1ccc(F)c(F)c1)N1CCC(O)CC1.I. The van der Waals surface area contributed by atoms with Crippen molar-refractivity contribution < 1.29 is 13.9 Å². The van der Waals surface area contributed by atoms with Crippen LogP contribution in [0.25, 0.3) is 0 Å². The number of hydrogen-bond acceptors (Lipinski definition) is 2. The summed E-state index contributed by atoms with van der Waals surface area (Å²) in [6, 6.07) is 3.99. The van der Waals surface area contributed by atoms with Crippen molar-refractivity contribution in [2.24, 2.45) is 4.99 Å². The first kappa shape index (κ1) is 21.1. The third-order valence-electron chi connectivity index (χ3n) is 4.13. The first-order chi connectivity index (χ1) is 11.0. The zero-order valence-electron chi connectivity index (χ0n) is 14.1. The van der Waals surface area contributed by atoms with Crippen LogP contribution >= 0.6 is 24.0 Å². The van der Waals surface area contributed by atoms with E-state index in [0.29, 0.717) is 6.54 Å². The third kappa shape index (κ3) is 5.84. The standard InChI is InChI=1S/C17H25F2N3O.HI/c1-3-20-17(22-8-6-14(23)7-9-22)21-11-12(2)13-4-5-15(18)16(19)10-13;/h4-5,10,12,14,23H,3,6-9,11H2,1-2H3,(H,20,21);1H. The molecule has 2 rings (SSSR count). The van der Waals surface area contributed by atoms with Crippen molar-refractivity contribution in [3.63, 3.8) is 0 Å². The highest BCUT2D eigenvalue weighted by Crippen LogP contribution is 2.19. The zero-order chi connectivity index (χ0) is 16.8. The molecule has 1 aliphatic rings. The molecular weight excluding hydrogens is 427 g/mol. The zero-order valence-corrected chi connectivity index (χ0v) is 16.5. The number of nitrogens with one attached hydrogen (secondary N) is 1. The van der Waals surface area contributed by atoms with E-state index in [0.717, 1.165) is 50.1 Å². The third-order valence-corrected chi connectivity index (χ3v) is 4.13. The highest BCUT2D eigenvalue weighted by Gasteiger charge is 2.20. The number of aliphatic imine (C=N–C) groups is 1. The molecule has 1 fully saturated rings. The van der Waals surface area contributed by atoms with Gasteiger partial charge in [0.1, 0.15) is 0 Å². The summed E-state index contributed by atoms with van der Waals surface area (Å²) in [7, 11) is 0. The normalized spacial score (nSPS) is 17.4. The van der Waals surface area contributed by atoms with E-state index in [1.54, 1.807) is 6.07 Å². The minimum absolute atomic E-state index is 0. The van der Waals surface area contributed by atoms with Crippen LogP contribution in [0.1, 0.15) is 38.2 Å². The quantitative estimate of drug-likeness (QED) is 0.419. The topological polar surface area (TPSA) is 47.9 Å². The summed E-state index contributed by atoms with van der Waals surface area (Å²) in [5.74, 6) is -0.845. The molecule has 0 spiro atoms. The Kier molecular flexibility index (Phi) is 8.90. The van der Waals surface area contributed by atoms with Gasteiger partial charge >= 0.3 is 0 Å². The van der Waals surface area contributed by atoms with Gasteiger partial charge in [0.2, 0.25) is 0 Å². The Morgan fingerprint density at radius 1 is 1.33 bits per heavy atom. The highest BCUT2D eigenvalue weighted by atomic mass is 127. The van der Waals surface area contributed by atoms with Crippen molar-refractivity contribution in [2.75, 3.05) is 26.2 Å². The molecule has 1 aromatic carbocycles. The Hall–Kier alpha value is -0.960. The molecule has 1 unspecified atom stereocenters. The lowest BCUT2D eigenvalue weighted by atomic mass is 10.0. The number of aliphatic hydroxyl groups excluding tert-OH is 1. The molecule has 2 N–H and O–H groups in total. The van der Waals surface area contributed by atoms with E-state index in [2.05, 4.69) is 15.2 Å². The fraction of sp³-hybridized carbons (Fsp3) is 0.588. The molecule has 0 saturated carbocycles. The van der Waals surface area contributed by atoms with Gasteiger partial charge < -0.3 is 15.3 Å². The Bertz CT molecular complexity index is 549. The van der Waals surface area contributed by atoms with E-state index in [1.807, 2.05) is 13.8 Å². The summed E-state index contributed by atoms with van der Waals surface area (Å²) in [5.41, 5.74) is 0.734. The smallest absolute Gasteiger partial charge is 0.193 e. The minimum Gasteiger partial charge on any atom is -0.393 e. The number of benzene rings is 1. The van der Waals surface area contributed by atoms with Crippen molar-refractivity contribution in [3.05, 3.63) is 35.4 Å². The summed E-state index contributed by atoms with van der Waals surface area (Å²) in [6.07, 6.45) is 1.25. The van der Waals surface area contributed by atoms with Gasteiger partial charge in [-0.25, -0.2) is 8.78 Å². The maximum atomic E-state index is 13.3. The highest BCUT2D eigenvalue weighted by molar-refractivity contribution is 14.0. The largest absolute Gasteiger partial charge is 0.393 e. The second kappa shape index (κ2) is 10.1. The van der Waals surface area contributed by atoms with Crippen LogP contribution in [-0.2, 0) is 0 Å². The number of hydrogen-bond donors (Lipinski definition) is 2. The number of likely N-dealkylation sites (tertiary alicyclic amines) is 1. The molecule has 1 saturated heterocycles. The van der Waals surface area contributed by atoms with E-state index in [-0.39, 0.29) is 36.0 Å². The molecule has 1 aliphatic heterocycles. The first-order valence-electron chi connectivity index (χ1n) is 8.17. The van der Waals surface area contributed by atoms with Crippen LogP contribution in [0.2, 0.25) is 0 Å². The van der Waals surface area contributed by atoms with Crippen LogP contribution < -0.4 is 5.32 Å². The molecule has 1 atom stereocenters. The lowest BCUT2D eigenvalue weighted by Gasteiger charge is -2.32. The number of rotatable bonds is 4. The van der Waals surface area contributed by atoms with Gasteiger partial charge in [-0.15, -0.1) is 24.0 Å². The van der Waals surface area contributed by atoms with Gasteiger partial charge in [0.25, 0.3) is 0 Å². The van der Waals surface area contributed by atoms with Crippen LogP contribution in [0.3, 0.4) is 0 Å². The maximum absolute atomic E-state index is 13.3. The summed E-state index contributed by atoms with van der Waals surface area (Å²) in [6.45, 7) is 6.75. The second-order valence-corrected chi connectivity index (χ2v) is 5.99. The van der Waals surface area contributed by atoms with Gasteiger partial charge in [0, 0.05) is 32.1 Å². The van der Waals surface area contributed by atoms with Crippen molar-refractivity contribution in [1.29, 1.82) is 0 Å². The van der Waals surface area contributed by atoms with Gasteiger partial charge in [0.15, 0.2) is 17.6 Å². The monoisotopic (exact) mass is 453 g/mol. The van der Waals surface area contributed by atoms with Gasteiger partial charge in [-0.2, -0.15) is 0 Å².